The molecule has 0 fully saturated rings. The van der Waals surface area contributed by atoms with Crippen LogP contribution in [0.15, 0.2) is 53.4 Å². The van der Waals surface area contributed by atoms with Crippen LogP contribution >= 0.6 is 0 Å². The number of carbonyl (C=O) groups excluding carboxylic acids is 1. The molecule has 0 aliphatic rings. The summed E-state index contributed by atoms with van der Waals surface area (Å²) in [5.41, 5.74) is 7.87. The van der Waals surface area contributed by atoms with Gasteiger partial charge in [0.1, 0.15) is 11.3 Å². The topological polar surface area (TPSA) is 106 Å². The highest BCUT2D eigenvalue weighted by atomic mass is 32.2. The molecule has 4 rings (SSSR count). The second-order valence-electron chi connectivity index (χ2n) is 9.00. The molecule has 8 nitrogen and oxygen atoms in total. The number of sulfonamides is 1. The summed E-state index contributed by atoms with van der Waals surface area (Å²) in [5.74, 6) is 0.950. The van der Waals surface area contributed by atoms with Gasteiger partial charge in [0.15, 0.2) is 5.65 Å². The van der Waals surface area contributed by atoms with E-state index in [2.05, 4.69) is 34.5 Å². The van der Waals surface area contributed by atoms with Crippen LogP contribution in [0.25, 0.3) is 16.9 Å². The van der Waals surface area contributed by atoms with Gasteiger partial charge < -0.3 is 5.32 Å². The largest absolute Gasteiger partial charge is 0.337 e. The number of aromatic nitrogens is 3. The van der Waals surface area contributed by atoms with E-state index in [0.717, 1.165) is 57.0 Å². The lowest BCUT2D eigenvalue weighted by Gasteiger charge is -2.13. The molecule has 188 valence electrons. The highest BCUT2D eigenvalue weighted by Crippen LogP contribution is 2.25. The molecule has 0 spiro atoms. The summed E-state index contributed by atoms with van der Waals surface area (Å²) in [6.45, 7) is 10.3. The quantitative estimate of drug-likeness (QED) is 0.386. The maximum absolute atomic E-state index is 12.4. The SMILES string of the molecule is CCc1nc2c(C)cc(C)nc2n1-c1ccc(CCNC(=O)NS(=O)(=O)c2ccc(C)cc2)c(C)c1. The summed E-state index contributed by atoms with van der Waals surface area (Å²) in [6.07, 6.45) is 1.34. The highest BCUT2D eigenvalue weighted by molar-refractivity contribution is 7.90. The highest BCUT2D eigenvalue weighted by Gasteiger charge is 2.18. The predicted molar refractivity (Wildman–Crippen MR) is 141 cm³/mol. The van der Waals surface area contributed by atoms with E-state index in [9.17, 15) is 13.2 Å². The molecule has 2 heterocycles. The minimum absolute atomic E-state index is 0.0491. The van der Waals surface area contributed by atoms with Crippen LogP contribution in [0.1, 0.15) is 40.7 Å². The Bertz CT molecular complexity index is 1540. The maximum atomic E-state index is 12.4. The van der Waals surface area contributed by atoms with Crippen LogP contribution in [-0.4, -0.2) is 35.5 Å². The molecule has 2 N–H and O–H groups in total. The first-order valence-electron chi connectivity index (χ1n) is 11.9. The third kappa shape index (κ3) is 5.26. The van der Waals surface area contributed by atoms with Gasteiger partial charge in [0, 0.05) is 24.3 Å². The number of amides is 2. The smallest absolute Gasteiger partial charge is 0.328 e. The van der Waals surface area contributed by atoms with Crippen molar-refractivity contribution in [3.8, 4) is 5.69 Å². The van der Waals surface area contributed by atoms with Gasteiger partial charge >= 0.3 is 6.03 Å². The summed E-state index contributed by atoms with van der Waals surface area (Å²) in [5, 5.41) is 2.64. The average molecular weight is 506 g/mol. The van der Waals surface area contributed by atoms with Crippen LogP contribution in [0.5, 0.6) is 0 Å². The lowest BCUT2D eigenvalue weighted by atomic mass is 10.0. The van der Waals surface area contributed by atoms with Crippen molar-refractivity contribution in [1.82, 2.24) is 24.6 Å². The molecule has 0 atom stereocenters. The number of hydrogen-bond acceptors (Lipinski definition) is 5. The number of imidazole rings is 1. The Kier molecular flexibility index (Phi) is 7.12. The molecule has 0 unspecified atom stereocenters. The Morgan fingerprint density at radius 3 is 2.33 bits per heavy atom. The Morgan fingerprint density at radius 2 is 1.67 bits per heavy atom. The number of fused-ring (bicyclic) bond motifs is 1. The third-order valence-electron chi connectivity index (χ3n) is 6.14. The van der Waals surface area contributed by atoms with E-state index in [-0.39, 0.29) is 4.90 Å². The van der Waals surface area contributed by atoms with Crippen LogP contribution in [0, 0.1) is 27.7 Å². The van der Waals surface area contributed by atoms with E-state index in [1.54, 1.807) is 12.1 Å². The summed E-state index contributed by atoms with van der Waals surface area (Å²) in [7, 11) is -3.92. The van der Waals surface area contributed by atoms with E-state index in [4.69, 9.17) is 9.97 Å². The van der Waals surface area contributed by atoms with E-state index in [0.29, 0.717) is 13.0 Å². The molecule has 0 radical (unpaired) electrons. The molecule has 0 aliphatic heterocycles. The lowest BCUT2D eigenvalue weighted by molar-refractivity contribution is 0.246. The monoisotopic (exact) mass is 505 g/mol. The average Bonchev–Trinajstić information content (AvgIpc) is 3.19. The Labute approximate surface area is 211 Å². The van der Waals surface area contributed by atoms with Gasteiger partial charge in [0.2, 0.25) is 0 Å². The van der Waals surface area contributed by atoms with Gasteiger partial charge in [-0.05, 0) is 81.1 Å². The summed E-state index contributed by atoms with van der Waals surface area (Å²) < 4.78 is 29.0. The van der Waals surface area contributed by atoms with Gasteiger partial charge in [-0.25, -0.2) is 27.9 Å². The molecule has 2 aromatic carbocycles. The van der Waals surface area contributed by atoms with Crippen LogP contribution in [0.3, 0.4) is 0 Å². The zero-order valence-corrected chi connectivity index (χ0v) is 22.0. The number of pyridine rings is 1. The summed E-state index contributed by atoms with van der Waals surface area (Å²) in [6, 6.07) is 13.8. The van der Waals surface area contributed by atoms with Gasteiger partial charge in [-0.2, -0.15) is 0 Å². The molecular formula is C27H31N5O3S. The first-order chi connectivity index (χ1) is 17.1. The number of carbonyl (C=O) groups is 1. The van der Waals surface area contributed by atoms with E-state index in [1.807, 2.05) is 39.0 Å². The predicted octanol–water partition coefficient (Wildman–Crippen LogP) is 4.45. The van der Waals surface area contributed by atoms with Crippen molar-refractivity contribution >= 4 is 27.2 Å². The van der Waals surface area contributed by atoms with Crippen LogP contribution in [-0.2, 0) is 22.9 Å². The van der Waals surface area contributed by atoms with E-state index >= 15 is 0 Å². The summed E-state index contributed by atoms with van der Waals surface area (Å²) in [4.78, 5) is 21.8. The molecule has 4 aromatic rings. The first kappa shape index (κ1) is 25.4. The number of rotatable bonds is 7. The molecule has 9 heteroatoms. The fourth-order valence-electron chi connectivity index (χ4n) is 4.26. The minimum Gasteiger partial charge on any atom is -0.337 e. The van der Waals surface area contributed by atoms with Crippen LogP contribution < -0.4 is 10.0 Å². The van der Waals surface area contributed by atoms with Crippen LogP contribution in [0.2, 0.25) is 0 Å². The lowest BCUT2D eigenvalue weighted by Crippen LogP contribution is -2.40. The van der Waals surface area contributed by atoms with Gasteiger partial charge in [-0.1, -0.05) is 30.7 Å². The molecule has 36 heavy (non-hydrogen) atoms. The number of nitrogens with zero attached hydrogens (tertiary/aromatic N) is 3. The van der Waals surface area contributed by atoms with E-state index in [1.165, 1.54) is 12.1 Å². The number of hydrogen-bond donors (Lipinski definition) is 2. The normalized spacial score (nSPS) is 11.6. The minimum atomic E-state index is -3.92. The van der Waals surface area contributed by atoms with Crippen molar-refractivity contribution < 1.29 is 13.2 Å². The second kappa shape index (κ2) is 10.1. The molecular weight excluding hydrogens is 474 g/mol. The van der Waals surface area contributed by atoms with Crippen molar-refractivity contribution in [2.45, 2.75) is 52.4 Å². The van der Waals surface area contributed by atoms with E-state index < -0.39 is 16.1 Å². The zero-order chi connectivity index (χ0) is 26.0. The fraction of sp³-hybridized carbons (Fsp3) is 0.296. The Balaban J connectivity index is 1.45. The first-order valence-corrected chi connectivity index (χ1v) is 13.4. The van der Waals surface area contributed by atoms with Gasteiger partial charge in [0.25, 0.3) is 10.0 Å². The molecule has 0 saturated carbocycles. The third-order valence-corrected chi connectivity index (χ3v) is 7.49. The van der Waals surface area contributed by atoms with Crippen LogP contribution in [0.4, 0.5) is 4.79 Å². The fourth-order valence-corrected chi connectivity index (χ4v) is 5.19. The Morgan fingerprint density at radius 1 is 0.944 bits per heavy atom. The molecule has 2 amide bonds. The molecule has 2 aromatic heterocycles. The van der Waals surface area contributed by atoms with Crippen molar-refractivity contribution in [3.05, 3.63) is 82.3 Å². The molecule has 0 aliphatic carbocycles. The van der Waals surface area contributed by atoms with Crippen molar-refractivity contribution in [2.24, 2.45) is 0 Å². The van der Waals surface area contributed by atoms with Gasteiger partial charge in [0.05, 0.1) is 4.90 Å². The number of benzene rings is 2. The number of nitrogens with one attached hydrogen (secondary N) is 2. The standard InChI is InChI=1S/C27H31N5O3S/c1-6-24-30-25-19(4)15-20(5)29-26(25)32(24)22-10-9-21(18(3)16-22)13-14-28-27(33)31-36(34,35)23-11-7-17(2)8-12-23/h7-12,15-16H,6,13-14H2,1-5H3,(H2,28,31,33). The number of aryl methyl sites for hydroxylation is 5. The van der Waals surface area contributed by atoms with Crippen molar-refractivity contribution in [2.75, 3.05) is 6.54 Å². The molecule has 0 bridgehead atoms. The van der Waals surface area contributed by atoms with Gasteiger partial charge in [-0.3, -0.25) is 4.57 Å². The number of urea groups is 1. The zero-order valence-electron chi connectivity index (χ0n) is 21.2. The van der Waals surface area contributed by atoms with Crippen molar-refractivity contribution in [1.29, 1.82) is 0 Å². The Hall–Kier alpha value is -3.72. The summed E-state index contributed by atoms with van der Waals surface area (Å²) >= 11 is 0. The van der Waals surface area contributed by atoms with Gasteiger partial charge in [-0.15, -0.1) is 0 Å². The molecule has 0 saturated heterocycles. The van der Waals surface area contributed by atoms with Crippen molar-refractivity contribution in [3.63, 3.8) is 0 Å². The second-order valence-corrected chi connectivity index (χ2v) is 10.7. The maximum Gasteiger partial charge on any atom is 0.328 e.